The van der Waals surface area contributed by atoms with Crippen molar-refractivity contribution in [3.8, 4) is 0 Å². The smallest absolute Gasteiger partial charge is 0.0306 e. The summed E-state index contributed by atoms with van der Waals surface area (Å²) in [5.74, 6) is 0. The molecule has 0 saturated heterocycles. The van der Waals surface area contributed by atoms with E-state index in [9.17, 15) is 0 Å². The zero-order chi connectivity index (χ0) is 12.8. The first-order valence-corrected chi connectivity index (χ1v) is 7.14. The van der Waals surface area contributed by atoms with Crippen LogP contribution in [-0.4, -0.2) is 6.54 Å². The summed E-state index contributed by atoms with van der Waals surface area (Å²) in [5, 5.41) is 3.45. The lowest BCUT2D eigenvalue weighted by atomic mass is 10.1. The standard InChI is InChI=1S/C15H20N2S/c1-12-7-8-14(18-12)11-17-10-9-15(16)13-5-3-2-4-6-13/h2-8,15,17H,9-11,16H2,1H3. The first kappa shape index (κ1) is 13.3. The molecule has 1 aromatic carbocycles. The molecule has 2 aromatic rings. The highest BCUT2D eigenvalue weighted by Crippen LogP contribution is 2.15. The quantitative estimate of drug-likeness (QED) is 0.783. The molecule has 0 aliphatic rings. The lowest BCUT2D eigenvalue weighted by Crippen LogP contribution is -2.20. The topological polar surface area (TPSA) is 38.0 Å². The van der Waals surface area contributed by atoms with Crippen molar-refractivity contribution in [2.45, 2.75) is 25.9 Å². The van der Waals surface area contributed by atoms with Gasteiger partial charge in [-0.1, -0.05) is 30.3 Å². The monoisotopic (exact) mass is 260 g/mol. The number of nitrogens with two attached hydrogens (primary N) is 1. The van der Waals surface area contributed by atoms with Crippen molar-refractivity contribution in [2.24, 2.45) is 5.73 Å². The molecule has 96 valence electrons. The largest absolute Gasteiger partial charge is 0.324 e. The van der Waals surface area contributed by atoms with Gasteiger partial charge in [-0.2, -0.15) is 0 Å². The SMILES string of the molecule is Cc1ccc(CNCCC(N)c2ccccc2)s1. The minimum absolute atomic E-state index is 0.128. The Labute approximate surface area is 113 Å². The lowest BCUT2D eigenvalue weighted by molar-refractivity contribution is 0.582. The van der Waals surface area contributed by atoms with Gasteiger partial charge < -0.3 is 11.1 Å². The lowest BCUT2D eigenvalue weighted by Gasteiger charge is -2.12. The van der Waals surface area contributed by atoms with Crippen LogP contribution >= 0.6 is 11.3 Å². The Kier molecular flexibility index (Phi) is 4.93. The fraction of sp³-hybridized carbons (Fsp3) is 0.333. The normalized spacial score (nSPS) is 12.6. The molecule has 18 heavy (non-hydrogen) atoms. The second kappa shape index (κ2) is 6.69. The molecule has 1 unspecified atom stereocenters. The molecule has 0 aliphatic heterocycles. The summed E-state index contributed by atoms with van der Waals surface area (Å²) >= 11 is 1.85. The van der Waals surface area contributed by atoms with Crippen LogP contribution in [0.1, 0.15) is 27.8 Å². The van der Waals surface area contributed by atoms with Gasteiger partial charge in [0.15, 0.2) is 0 Å². The van der Waals surface area contributed by atoms with Crippen LogP contribution in [0.25, 0.3) is 0 Å². The van der Waals surface area contributed by atoms with Crippen molar-refractivity contribution in [2.75, 3.05) is 6.54 Å². The number of aryl methyl sites for hydroxylation is 1. The van der Waals surface area contributed by atoms with Crippen molar-refractivity contribution in [1.29, 1.82) is 0 Å². The third-order valence-electron chi connectivity index (χ3n) is 2.96. The molecule has 1 heterocycles. The van der Waals surface area contributed by atoms with Gasteiger partial charge in [-0.3, -0.25) is 0 Å². The van der Waals surface area contributed by atoms with Gasteiger partial charge in [0.05, 0.1) is 0 Å². The Bertz CT molecular complexity index is 464. The van der Waals surface area contributed by atoms with E-state index in [-0.39, 0.29) is 6.04 Å². The van der Waals surface area contributed by atoms with Gasteiger partial charge in [0, 0.05) is 22.3 Å². The van der Waals surface area contributed by atoms with Crippen LogP contribution < -0.4 is 11.1 Å². The summed E-state index contributed by atoms with van der Waals surface area (Å²) in [6.45, 7) is 4.03. The Morgan fingerprint density at radius 2 is 1.94 bits per heavy atom. The Morgan fingerprint density at radius 3 is 2.61 bits per heavy atom. The highest BCUT2D eigenvalue weighted by Gasteiger charge is 2.04. The van der Waals surface area contributed by atoms with Gasteiger partial charge in [0.2, 0.25) is 0 Å². The zero-order valence-corrected chi connectivity index (χ0v) is 11.5. The number of thiophene rings is 1. The second-order valence-electron chi connectivity index (χ2n) is 4.49. The van der Waals surface area contributed by atoms with Gasteiger partial charge >= 0.3 is 0 Å². The van der Waals surface area contributed by atoms with E-state index in [0.29, 0.717) is 0 Å². The molecule has 0 fully saturated rings. The molecule has 3 heteroatoms. The fourth-order valence-corrected chi connectivity index (χ4v) is 2.78. The molecule has 0 aliphatic carbocycles. The zero-order valence-electron chi connectivity index (χ0n) is 10.7. The number of hydrogen-bond acceptors (Lipinski definition) is 3. The summed E-state index contributed by atoms with van der Waals surface area (Å²) in [6, 6.07) is 14.8. The van der Waals surface area contributed by atoms with Crippen LogP contribution in [0.15, 0.2) is 42.5 Å². The summed E-state index contributed by atoms with van der Waals surface area (Å²) in [7, 11) is 0. The van der Waals surface area contributed by atoms with Gasteiger partial charge in [0.1, 0.15) is 0 Å². The van der Waals surface area contributed by atoms with E-state index in [1.54, 1.807) is 0 Å². The molecule has 2 nitrogen and oxygen atoms in total. The predicted molar refractivity (Wildman–Crippen MR) is 78.8 cm³/mol. The van der Waals surface area contributed by atoms with Crippen LogP contribution in [0.3, 0.4) is 0 Å². The maximum Gasteiger partial charge on any atom is 0.0306 e. The molecule has 2 rings (SSSR count). The molecular formula is C15H20N2S. The van der Waals surface area contributed by atoms with Crippen LogP contribution in [0.4, 0.5) is 0 Å². The number of nitrogens with one attached hydrogen (secondary N) is 1. The molecule has 0 spiro atoms. The highest BCUT2D eigenvalue weighted by molar-refractivity contribution is 7.11. The van der Waals surface area contributed by atoms with Crippen molar-refractivity contribution < 1.29 is 0 Å². The average molecular weight is 260 g/mol. The van der Waals surface area contributed by atoms with Gasteiger partial charge in [-0.05, 0) is 37.6 Å². The van der Waals surface area contributed by atoms with E-state index in [2.05, 4.69) is 36.5 Å². The summed E-state index contributed by atoms with van der Waals surface area (Å²) in [5.41, 5.74) is 7.36. The van der Waals surface area contributed by atoms with Crippen LogP contribution in [0, 0.1) is 6.92 Å². The minimum atomic E-state index is 0.128. The molecule has 1 atom stereocenters. The van der Waals surface area contributed by atoms with Crippen molar-refractivity contribution >= 4 is 11.3 Å². The van der Waals surface area contributed by atoms with Gasteiger partial charge in [-0.25, -0.2) is 0 Å². The van der Waals surface area contributed by atoms with E-state index in [1.807, 2.05) is 29.5 Å². The maximum atomic E-state index is 6.14. The molecule has 0 amide bonds. The van der Waals surface area contributed by atoms with E-state index >= 15 is 0 Å². The van der Waals surface area contributed by atoms with E-state index in [4.69, 9.17) is 5.73 Å². The third-order valence-corrected chi connectivity index (χ3v) is 3.96. The Balaban J connectivity index is 1.69. The minimum Gasteiger partial charge on any atom is -0.324 e. The van der Waals surface area contributed by atoms with Crippen LogP contribution in [0.5, 0.6) is 0 Å². The highest BCUT2D eigenvalue weighted by atomic mass is 32.1. The third kappa shape index (κ3) is 3.95. The van der Waals surface area contributed by atoms with E-state index in [1.165, 1.54) is 15.3 Å². The fourth-order valence-electron chi connectivity index (χ4n) is 1.92. The van der Waals surface area contributed by atoms with Crippen LogP contribution in [0.2, 0.25) is 0 Å². The molecule has 0 saturated carbocycles. The van der Waals surface area contributed by atoms with E-state index in [0.717, 1.165) is 19.5 Å². The van der Waals surface area contributed by atoms with Crippen molar-refractivity contribution in [3.63, 3.8) is 0 Å². The van der Waals surface area contributed by atoms with Crippen molar-refractivity contribution in [1.82, 2.24) is 5.32 Å². The maximum absolute atomic E-state index is 6.14. The first-order valence-electron chi connectivity index (χ1n) is 6.32. The molecule has 0 radical (unpaired) electrons. The van der Waals surface area contributed by atoms with Crippen molar-refractivity contribution in [3.05, 3.63) is 57.8 Å². The summed E-state index contributed by atoms with van der Waals surface area (Å²) in [6.07, 6.45) is 0.967. The average Bonchev–Trinajstić information content (AvgIpc) is 2.81. The second-order valence-corrected chi connectivity index (χ2v) is 5.87. The summed E-state index contributed by atoms with van der Waals surface area (Å²) < 4.78 is 0. The molecule has 3 N–H and O–H groups in total. The number of benzene rings is 1. The molecule has 1 aromatic heterocycles. The van der Waals surface area contributed by atoms with Gasteiger partial charge in [-0.15, -0.1) is 11.3 Å². The first-order chi connectivity index (χ1) is 8.75. The van der Waals surface area contributed by atoms with Gasteiger partial charge in [0.25, 0.3) is 0 Å². The summed E-state index contributed by atoms with van der Waals surface area (Å²) in [4.78, 5) is 2.76. The number of rotatable bonds is 6. The molecule has 0 bridgehead atoms. The Hall–Kier alpha value is -1.16. The van der Waals surface area contributed by atoms with Crippen LogP contribution in [-0.2, 0) is 6.54 Å². The predicted octanol–water partition coefficient (Wildman–Crippen LogP) is 3.24. The van der Waals surface area contributed by atoms with E-state index < -0.39 is 0 Å². The number of hydrogen-bond donors (Lipinski definition) is 2. The molecular weight excluding hydrogens is 240 g/mol. The Morgan fingerprint density at radius 1 is 1.17 bits per heavy atom.